The maximum Gasteiger partial charge on any atom is 0.349 e. The number of hydrogen-bond donors (Lipinski definition) is 1. The van der Waals surface area contributed by atoms with Crippen LogP contribution < -0.4 is 10.9 Å². The second kappa shape index (κ2) is 6.74. The van der Waals surface area contributed by atoms with Crippen LogP contribution in [0.1, 0.15) is 16.8 Å². The van der Waals surface area contributed by atoms with Crippen molar-refractivity contribution >= 4 is 29.3 Å². The summed E-state index contributed by atoms with van der Waals surface area (Å²) in [6.45, 7) is 2.93. The number of nitrogens with one attached hydrogen (secondary N) is 1. The van der Waals surface area contributed by atoms with Crippen LogP contribution in [-0.4, -0.2) is 37.0 Å². The van der Waals surface area contributed by atoms with E-state index in [1.54, 1.807) is 23.1 Å². The lowest BCUT2D eigenvalue weighted by atomic mass is 10.1. The molecule has 21 heavy (non-hydrogen) atoms. The largest absolute Gasteiger partial charge is 0.422 e. The molecule has 2 aromatic rings. The average molecular weight is 309 g/mol. The van der Waals surface area contributed by atoms with Gasteiger partial charge in [0.05, 0.1) is 0 Å². The summed E-state index contributed by atoms with van der Waals surface area (Å²) in [7, 11) is 0. The van der Waals surface area contributed by atoms with Gasteiger partial charge in [0, 0.05) is 25.0 Å². The molecule has 1 aromatic heterocycles. The SMILES string of the molecule is Cl.O=C(c1cc2ccccc2oc1=O)N1CCCNCC1. The summed E-state index contributed by atoms with van der Waals surface area (Å²) >= 11 is 0. The minimum atomic E-state index is -0.564. The van der Waals surface area contributed by atoms with Crippen molar-refractivity contribution in [1.82, 2.24) is 10.2 Å². The van der Waals surface area contributed by atoms with Crippen LogP contribution in [0.5, 0.6) is 0 Å². The lowest BCUT2D eigenvalue weighted by Gasteiger charge is -2.19. The average Bonchev–Trinajstić information content (AvgIpc) is 2.75. The van der Waals surface area contributed by atoms with Crippen LogP contribution in [-0.2, 0) is 0 Å². The Morgan fingerprint density at radius 3 is 2.86 bits per heavy atom. The lowest BCUT2D eigenvalue weighted by molar-refractivity contribution is 0.0762. The molecule has 1 aliphatic heterocycles. The third kappa shape index (κ3) is 3.25. The minimum absolute atomic E-state index is 0. The van der Waals surface area contributed by atoms with Gasteiger partial charge in [-0.05, 0) is 25.1 Å². The molecule has 1 aliphatic rings. The third-order valence-electron chi connectivity index (χ3n) is 3.50. The van der Waals surface area contributed by atoms with Gasteiger partial charge in [-0.25, -0.2) is 4.79 Å². The molecule has 0 radical (unpaired) electrons. The van der Waals surface area contributed by atoms with Gasteiger partial charge < -0.3 is 14.6 Å². The second-order valence-corrected chi connectivity index (χ2v) is 4.88. The zero-order valence-electron chi connectivity index (χ0n) is 11.5. The van der Waals surface area contributed by atoms with Gasteiger partial charge in [0.2, 0.25) is 0 Å². The summed E-state index contributed by atoms with van der Waals surface area (Å²) in [6, 6.07) is 8.83. The van der Waals surface area contributed by atoms with Crippen molar-refractivity contribution in [3.63, 3.8) is 0 Å². The van der Waals surface area contributed by atoms with Crippen molar-refractivity contribution < 1.29 is 9.21 Å². The number of halogens is 1. The first-order valence-corrected chi connectivity index (χ1v) is 6.78. The van der Waals surface area contributed by atoms with E-state index in [0.29, 0.717) is 18.7 Å². The molecule has 5 nitrogen and oxygen atoms in total. The molecule has 2 heterocycles. The highest BCUT2D eigenvalue weighted by atomic mass is 35.5. The Hall–Kier alpha value is -1.85. The van der Waals surface area contributed by atoms with E-state index in [1.165, 1.54) is 0 Å². The van der Waals surface area contributed by atoms with E-state index in [1.807, 2.05) is 12.1 Å². The van der Waals surface area contributed by atoms with Gasteiger partial charge >= 0.3 is 5.63 Å². The number of fused-ring (bicyclic) bond motifs is 1. The smallest absolute Gasteiger partial charge is 0.349 e. The number of para-hydroxylation sites is 1. The van der Waals surface area contributed by atoms with Crippen molar-refractivity contribution in [2.75, 3.05) is 26.2 Å². The monoisotopic (exact) mass is 308 g/mol. The molecule has 1 fully saturated rings. The summed E-state index contributed by atoms with van der Waals surface area (Å²) in [5.41, 5.74) is 0.0584. The molecule has 0 saturated carbocycles. The number of rotatable bonds is 1. The van der Waals surface area contributed by atoms with Crippen molar-refractivity contribution in [3.05, 3.63) is 46.3 Å². The number of carbonyl (C=O) groups excluding carboxylic acids is 1. The number of amides is 1. The van der Waals surface area contributed by atoms with Crippen molar-refractivity contribution in [3.8, 4) is 0 Å². The first-order chi connectivity index (χ1) is 9.75. The summed E-state index contributed by atoms with van der Waals surface area (Å²) < 4.78 is 5.22. The fourth-order valence-corrected chi connectivity index (χ4v) is 2.43. The maximum absolute atomic E-state index is 12.5. The Morgan fingerprint density at radius 1 is 1.19 bits per heavy atom. The van der Waals surface area contributed by atoms with Crippen LogP contribution in [0.2, 0.25) is 0 Å². The summed E-state index contributed by atoms with van der Waals surface area (Å²) in [4.78, 5) is 26.1. The van der Waals surface area contributed by atoms with E-state index in [2.05, 4.69) is 5.32 Å². The van der Waals surface area contributed by atoms with Crippen LogP contribution in [0.15, 0.2) is 39.5 Å². The van der Waals surface area contributed by atoms with Crippen LogP contribution >= 0.6 is 12.4 Å². The standard InChI is InChI=1S/C15H16N2O3.ClH/c18-14(17-8-3-6-16-7-9-17)12-10-11-4-1-2-5-13(11)20-15(12)19;/h1-2,4-5,10,16H,3,6-9H2;1H. The van der Waals surface area contributed by atoms with E-state index >= 15 is 0 Å². The molecule has 112 valence electrons. The molecular weight excluding hydrogens is 292 g/mol. The predicted molar refractivity (Wildman–Crippen MR) is 83.1 cm³/mol. The normalized spacial score (nSPS) is 15.3. The highest BCUT2D eigenvalue weighted by molar-refractivity contribution is 5.96. The van der Waals surface area contributed by atoms with Crippen molar-refractivity contribution in [2.45, 2.75) is 6.42 Å². The van der Waals surface area contributed by atoms with E-state index in [9.17, 15) is 9.59 Å². The molecule has 0 atom stereocenters. The molecule has 0 bridgehead atoms. The number of hydrogen-bond acceptors (Lipinski definition) is 4. The molecule has 6 heteroatoms. The number of benzene rings is 1. The van der Waals surface area contributed by atoms with E-state index in [0.717, 1.165) is 24.9 Å². The van der Waals surface area contributed by atoms with Gasteiger partial charge in [-0.1, -0.05) is 18.2 Å². The zero-order valence-corrected chi connectivity index (χ0v) is 12.3. The Kier molecular flexibility index (Phi) is 4.98. The Balaban J connectivity index is 0.00000161. The molecular formula is C15H17ClN2O3. The Morgan fingerprint density at radius 2 is 2.00 bits per heavy atom. The van der Waals surface area contributed by atoms with E-state index in [-0.39, 0.29) is 23.9 Å². The Bertz CT molecular complexity index is 691. The number of carbonyl (C=O) groups is 1. The van der Waals surface area contributed by atoms with E-state index in [4.69, 9.17) is 4.42 Å². The molecule has 0 unspecified atom stereocenters. The molecule has 0 spiro atoms. The van der Waals surface area contributed by atoms with Gasteiger partial charge in [0.1, 0.15) is 11.1 Å². The fraction of sp³-hybridized carbons (Fsp3) is 0.333. The first-order valence-electron chi connectivity index (χ1n) is 6.78. The van der Waals surface area contributed by atoms with Crippen molar-refractivity contribution in [1.29, 1.82) is 0 Å². The first kappa shape index (κ1) is 15.5. The molecule has 1 N–H and O–H groups in total. The van der Waals surface area contributed by atoms with Crippen LogP contribution in [0, 0.1) is 0 Å². The van der Waals surface area contributed by atoms with Gasteiger partial charge in [-0.2, -0.15) is 0 Å². The van der Waals surface area contributed by atoms with Gasteiger partial charge in [-0.15, -0.1) is 12.4 Å². The van der Waals surface area contributed by atoms with Gasteiger partial charge in [-0.3, -0.25) is 4.79 Å². The Labute approximate surface area is 128 Å². The molecule has 0 aliphatic carbocycles. The highest BCUT2D eigenvalue weighted by Crippen LogP contribution is 2.14. The summed E-state index contributed by atoms with van der Waals surface area (Å²) in [5, 5.41) is 4.00. The second-order valence-electron chi connectivity index (χ2n) is 4.88. The summed E-state index contributed by atoms with van der Waals surface area (Å²) in [6.07, 6.45) is 0.894. The maximum atomic E-state index is 12.5. The summed E-state index contributed by atoms with van der Waals surface area (Å²) in [5.74, 6) is -0.242. The van der Waals surface area contributed by atoms with Crippen molar-refractivity contribution in [2.24, 2.45) is 0 Å². The zero-order chi connectivity index (χ0) is 13.9. The lowest BCUT2D eigenvalue weighted by Crippen LogP contribution is -2.36. The van der Waals surface area contributed by atoms with E-state index < -0.39 is 5.63 Å². The molecule has 1 amide bonds. The van der Waals surface area contributed by atoms with Crippen LogP contribution in [0.4, 0.5) is 0 Å². The quantitative estimate of drug-likeness (QED) is 0.814. The van der Waals surface area contributed by atoms with Gasteiger partial charge in [0.15, 0.2) is 0 Å². The van der Waals surface area contributed by atoms with Gasteiger partial charge in [0.25, 0.3) is 5.91 Å². The molecule has 1 saturated heterocycles. The fourth-order valence-electron chi connectivity index (χ4n) is 2.43. The number of nitrogens with zero attached hydrogens (tertiary/aromatic N) is 1. The topological polar surface area (TPSA) is 62.6 Å². The third-order valence-corrected chi connectivity index (χ3v) is 3.50. The van der Waals surface area contributed by atoms with Crippen LogP contribution in [0.25, 0.3) is 11.0 Å². The minimum Gasteiger partial charge on any atom is -0.422 e. The molecule has 1 aromatic carbocycles. The van der Waals surface area contributed by atoms with Crippen LogP contribution in [0.3, 0.4) is 0 Å². The highest BCUT2D eigenvalue weighted by Gasteiger charge is 2.21. The molecule has 3 rings (SSSR count). The predicted octanol–water partition coefficient (Wildman–Crippen LogP) is 1.65.